The van der Waals surface area contributed by atoms with Crippen LogP contribution >= 0.6 is 0 Å². The van der Waals surface area contributed by atoms with Gasteiger partial charge in [0.25, 0.3) is 0 Å². The molecule has 0 atom stereocenters. The van der Waals surface area contributed by atoms with Gasteiger partial charge in [0, 0.05) is 12.0 Å². The zero-order chi connectivity index (χ0) is 16.5. The fourth-order valence-electron chi connectivity index (χ4n) is 1.64. The van der Waals surface area contributed by atoms with Gasteiger partial charge in [-0.2, -0.15) is 5.26 Å². The van der Waals surface area contributed by atoms with Gasteiger partial charge in [0.15, 0.2) is 5.78 Å². The van der Waals surface area contributed by atoms with Gasteiger partial charge in [0.05, 0.1) is 18.7 Å². The lowest BCUT2D eigenvalue weighted by molar-refractivity contribution is -0.140. The number of ketones is 1. The van der Waals surface area contributed by atoms with Crippen molar-refractivity contribution in [3.05, 3.63) is 34.9 Å². The Bertz CT molecular complexity index is 690. The number of Topliss-reactive ketones (excluding diaryl/α,β-unsaturated/α-hetero) is 1. The van der Waals surface area contributed by atoms with Crippen molar-refractivity contribution in [1.29, 1.82) is 5.26 Å². The van der Waals surface area contributed by atoms with E-state index in [0.717, 1.165) is 0 Å². The van der Waals surface area contributed by atoms with E-state index in [2.05, 4.69) is 5.92 Å². The molecule has 0 aliphatic heterocycles. The Hall–Kier alpha value is -3.05. The first-order chi connectivity index (χ1) is 10.5. The number of hydrogen-bond acceptors (Lipinski definition) is 5. The van der Waals surface area contributed by atoms with E-state index in [4.69, 9.17) is 21.2 Å². The number of rotatable bonds is 6. The number of nitrogens with zero attached hydrogens (tertiary/aromatic N) is 1. The van der Waals surface area contributed by atoms with Gasteiger partial charge in [0.2, 0.25) is 0 Å². The Kier molecular flexibility index (Phi) is 6.40. The van der Waals surface area contributed by atoms with Gasteiger partial charge < -0.3 is 9.47 Å². The molecule has 0 fully saturated rings. The van der Waals surface area contributed by atoms with Crippen LogP contribution in [0.3, 0.4) is 0 Å². The van der Waals surface area contributed by atoms with E-state index in [1.807, 2.05) is 6.07 Å². The molecule has 5 nitrogen and oxygen atoms in total. The highest BCUT2D eigenvalue weighted by molar-refractivity contribution is 6.19. The van der Waals surface area contributed by atoms with E-state index < -0.39 is 11.8 Å². The van der Waals surface area contributed by atoms with Crippen molar-refractivity contribution in [1.82, 2.24) is 0 Å². The molecule has 5 heteroatoms. The van der Waals surface area contributed by atoms with Crippen molar-refractivity contribution in [2.24, 2.45) is 0 Å². The predicted molar refractivity (Wildman–Crippen MR) is 80.8 cm³/mol. The summed E-state index contributed by atoms with van der Waals surface area (Å²) < 4.78 is 10.1. The van der Waals surface area contributed by atoms with E-state index in [9.17, 15) is 9.59 Å². The number of terminal acetylenes is 1. The number of benzene rings is 1. The van der Waals surface area contributed by atoms with Crippen LogP contribution in [0.5, 0.6) is 5.75 Å². The minimum atomic E-state index is -0.742. The highest BCUT2D eigenvalue weighted by Gasteiger charge is 2.17. The van der Waals surface area contributed by atoms with Crippen molar-refractivity contribution >= 4 is 17.8 Å². The molecular formula is C17H15NO4. The third-order valence-corrected chi connectivity index (χ3v) is 2.74. The molecular weight excluding hydrogens is 282 g/mol. The molecule has 0 spiro atoms. The molecule has 0 aliphatic rings. The molecule has 0 radical (unpaired) electrons. The van der Waals surface area contributed by atoms with Crippen LogP contribution in [0.25, 0.3) is 6.08 Å². The van der Waals surface area contributed by atoms with Crippen LogP contribution in [0.4, 0.5) is 0 Å². The van der Waals surface area contributed by atoms with Crippen molar-refractivity contribution in [2.45, 2.75) is 13.3 Å². The molecule has 0 saturated carbocycles. The lowest BCUT2D eigenvalue weighted by atomic mass is 10.1. The molecule has 0 unspecified atom stereocenters. The van der Waals surface area contributed by atoms with Crippen molar-refractivity contribution in [3.8, 4) is 24.2 Å². The molecule has 0 heterocycles. The summed E-state index contributed by atoms with van der Waals surface area (Å²) in [6.07, 6.45) is 6.72. The number of carbonyl (C=O) groups is 2. The minimum Gasteiger partial charge on any atom is -0.496 e. The molecule has 1 aromatic rings. The molecule has 0 aromatic heterocycles. The summed E-state index contributed by atoms with van der Waals surface area (Å²) in [5, 5.41) is 8.86. The first-order valence-electron chi connectivity index (χ1n) is 6.44. The number of carbonyl (C=O) groups excluding carboxylic acids is 2. The maximum absolute atomic E-state index is 11.9. The van der Waals surface area contributed by atoms with Gasteiger partial charge in [-0.1, -0.05) is 0 Å². The van der Waals surface area contributed by atoms with Crippen LogP contribution in [-0.2, 0) is 14.3 Å². The average molecular weight is 297 g/mol. The van der Waals surface area contributed by atoms with E-state index in [0.29, 0.717) is 16.9 Å². The normalized spacial score (nSPS) is 10.3. The van der Waals surface area contributed by atoms with Gasteiger partial charge in [-0.15, -0.1) is 12.3 Å². The summed E-state index contributed by atoms with van der Waals surface area (Å²) in [4.78, 5) is 23.6. The second kappa shape index (κ2) is 8.28. The van der Waals surface area contributed by atoms with Crippen LogP contribution in [0.15, 0.2) is 23.8 Å². The molecule has 0 amide bonds. The highest BCUT2D eigenvalue weighted by Crippen LogP contribution is 2.23. The first kappa shape index (κ1) is 17.0. The number of ether oxygens (including phenoxy) is 2. The second-order valence-electron chi connectivity index (χ2n) is 4.27. The van der Waals surface area contributed by atoms with Crippen molar-refractivity contribution in [3.63, 3.8) is 0 Å². The van der Waals surface area contributed by atoms with Gasteiger partial charge in [0.1, 0.15) is 17.9 Å². The van der Waals surface area contributed by atoms with Crippen molar-refractivity contribution in [2.75, 3.05) is 13.7 Å². The molecule has 0 saturated heterocycles. The molecule has 112 valence electrons. The molecule has 1 aromatic carbocycles. The maximum atomic E-state index is 11.9. The number of nitriles is 1. The second-order valence-corrected chi connectivity index (χ2v) is 4.27. The largest absolute Gasteiger partial charge is 0.496 e. The summed E-state index contributed by atoms with van der Waals surface area (Å²) in [5.74, 6) is 1.55. The smallest absolute Gasteiger partial charge is 0.341 e. The first-order valence-corrected chi connectivity index (χ1v) is 6.44. The van der Waals surface area contributed by atoms with Gasteiger partial charge >= 0.3 is 5.97 Å². The lowest BCUT2D eigenvalue weighted by Gasteiger charge is -2.08. The Morgan fingerprint density at radius 2 is 2.14 bits per heavy atom. The van der Waals surface area contributed by atoms with E-state index in [1.54, 1.807) is 12.1 Å². The fourth-order valence-corrected chi connectivity index (χ4v) is 1.64. The molecule has 0 bridgehead atoms. The minimum absolute atomic E-state index is 0.0461. The summed E-state index contributed by atoms with van der Waals surface area (Å²) in [6.45, 7) is 1.31. The molecule has 0 aliphatic carbocycles. The third kappa shape index (κ3) is 4.50. The summed E-state index contributed by atoms with van der Waals surface area (Å²) in [7, 11) is 1.44. The zero-order valence-electron chi connectivity index (χ0n) is 12.4. The van der Waals surface area contributed by atoms with Crippen molar-refractivity contribution < 1.29 is 19.1 Å². The monoisotopic (exact) mass is 297 g/mol. The van der Waals surface area contributed by atoms with Crippen LogP contribution in [-0.4, -0.2) is 25.5 Å². The number of methoxy groups -OCH3 is 1. The topological polar surface area (TPSA) is 76.4 Å². The van der Waals surface area contributed by atoms with E-state index >= 15 is 0 Å². The zero-order valence-corrected chi connectivity index (χ0v) is 12.4. The quantitative estimate of drug-likeness (QED) is 0.201. The fraction of sp³-hybridized carbons (Fsp3) is 0.235. The maximum Gasteiger partial charge on any atom is 0.341 e. The predicted octanol–water partition coefficient (Wildman–Crippen LogP) is 2.11. The lowest BCUT2D eigenvalue weighted by Crippen LogP contribution is -2.14. The average Bonchev–Trinajstić information content (AvgIpc) is 2.52. The van der Waals surface area contributed by atoms with Crippen LogP contribution in [0, 0.1) is 23.7 Å². The molecule has 0 N–H and O–H groups in total. The summed E-state index contributed by atoms with van der Waals surface area (Å²) in [5.41, 5.74) is 0.801. The molecule has 22 heavy (non-hydrogen) atoms. The van der Waals surface area contributed by atoms with Gasteiger partial charge in [-0.3, -0.25) is 4.79 Å². The standard InChI is InChI=1S/C17H15NO4/c1-4-5-8-22-17(20)15(12(2)19)10-14-7-6-13(11-18)9-16(14)21-3/h1,6-7,9-10H,5,8H2,2-3H3/b15-10+. The van der Waals surface area contributed by atoms with E-state index in [-0.39, 0.29) is 18.6 Å². The highest BCUT2D eigenvalue weighted by atomic mass is 16.5. The molecule has 1 rings (SSSR count). The van der Waals surface area contributed by atoms with Gasteiger partial charge in [-0.25, -0.2) is 4.79 Å². The SMILES string of the molecule is C#CCCOC(=O)/C(=C/c1ccc(C#N)cc1OC)C(C)=O. The Morgan fingerprint density at radius 1 is 1.41 bits per heavy atom. The Labute approximate surface area is 129 Å². The van der Waals surface area contributed by atoms with Gasteiger partial charge in [-0.05, 0) is 31.2 Å². The number of esters is 1. The number of hydrogen-bond donors (Lipinski definition) is 0. The Morgan fingerprint density at radius 3 is 2.68 bits per heavy atom. The van der Waals surface area contributed by atoms with Crippen LogP contribution in [0.1, 0.15) is 24.5 Å². The van der Waals surface area contributed by atoms with Crippen LogP contribution in [0.2, 0.25) is 0 Å². The summed E-state index contributed by atoms with van der Waals surface area (Å²) in [6, 6.07) is 6.66. The van der Waals surface area contributed by atoms with E-state index in [1.165, 1.54) is 26.2 Å². The summed E-state index contributed by atoms with van der Waals surface area (Å²) >= 11 is 0. The third-order valence-electron chi connectivity index (χ3n) is 2.74. The Balaban J connectivity index is 3.14. The van der Waals surface area contributed by atoms with Crippen LogP contribution < -0.4 is 4.74 Å².